The second kappa shape index (κ2) is 20.0. The van der Waals surface area contributed by atoms with Gasteiger partial charge in [0, 0.05) is 6.61 Å². The monoisotopic (exact) mass is 436 g/mol. The first-order chi connectivity index (χ1) is 14.0. The minimum atomic E-state index is -3.26. The van der Waals surface area contributed by atoms with Crippen LogP contribution in [0, 0.1) is 11.8 Å². The molecule has 6 heteroatoms. The van der Waals surface area contributed by atoms with Crippen LogP contribution in [-0.2, 0) is 23.1 Å². The van der Waals surface area contributed by atoms with Crippen molar-refractivity contribution in [3.8, 4) is 0 Å². The fourth-order valence-corrected chi connectivity index (χ4v) is 4.44. The van der Waals surface area contributed by atoms with E-state index in [0.29, 0.717) is 38.3 Å². The summed E-state index contributed by atoms with van der Waals surface area (Å²) >= 11 is 0. The molecule has 0 aromatic carbocycles. The maximum Gasteiger partial charge on any atom is 0.356 e. The SMILES string of the molecule is CCCCOCCOCP(=O)(OCC(CC)CCCC)OCC(CC)CCCC. The Labute approximate surface area is 181 Å². The molecule has 0 radical (unpaired) electrons. The summed E-state index contributed by atoms with van der Waals surface area (Å²) in [7, 11) is -3.26. The zero-order valence-electron chi connectivity index (χ0n) is 20.0. The van der Waals surface area contributed by atoms with E-state index in [0.717, 1.165) is 45.1 Å². The Kier molecular flexibility index (Phi) is 20.0. The zero-order valence-corrected chi connectivity index (χ0v) is 20.9. The summed E-state index contributed by atoms with van der Waals surface area (Å²) in [6.45, 7) is 13.5. The molecule has 0 amide bonds. The van der Waals surface area contributed by atoms with Crippen LogP contribution in [0.4, 0.5) is 0 Å². The third kappa shape index (κ3) is 16.4. The summed E-state index contributed by atoms with van der Waals surface area (Å²) < 4.78 is 36.3. The molecular formula is C23H49O5P. The zero-order chi connectivity index (χ0) is 21.8. The lowest BCUT2D eigenvalue weighted by molar-refractivity contribution is 0.0505. The number of ether oxygens (including phenoxy) is 2. The summed E-state index contributed by atoms with van der Waals surface area (Å²) in [6.07, 6.45) is 11.1. The summed E-state index contributed by atoms with van der Waals surface area (Å²) in [4.78, 5) is 0. The van der Waals surface area contributed by atoms with Crippen molar-refractivity contribution >= 4 is 7.60 Å². The third-order valence-electron chi connectivity index (χ3n) is 5.36. The molecule has 29 heavy (non-hydrogen) atoms. The Bertz CT molecular complexity index is 367. The lowest BCUT2D eigenvalue weighted by atomic mass is 10.0. The second-order valence-corrected chi connectivity index (χ2v) is 10.0. The van der Waals surface area contributed by atoms with Gasteiger partial charge in [0.05, 0.1) is 26.4 Å². The van der Waals surface area contributed by atoms with Gasteiger partial charge in [0.2, 0.25) is 0 Å². The van der Waals surface area contributed by atoms with E-state index in [4.69, 9.17) is 18.5 Å². The number of unbranched alkanes of at least 4 members (excludes halogenated alkanes) is 3. The van der Waals surface area contributed by atoms with E-state index in [1.807, 2.05) is 0 Å². The van der Waals surface area contributed by atoms with E-state index in [2.05, 4.69) is 34.6 Å². The van der Waals surface area contributed by atoms with Crippen molar-refractivity contribution in [3.05, 3.63) is 0 Å². The van der Waals surface area contributed by atoms with Gasteiger partial charge in [0.25, 0.3) is 0 Å². The summed E-state index contributed by atoms with van der Waals surface area (Å²) in [5.41, 5.74) is 0. The Morgan fingerprint density at radius 3 is 1.59 bits per heavy atom. The van der Waals surface area contributed by atoms with E-state index >= 15 is 0 Å². The van der Waals surface area contributed by atoms with Crippen LogP contribution < -0.4 is 0 Å². The predicted molar refractivity (Wildman–Crippen MR) is 123 cm³/mol. The van der Waals surface area contributed by atoms with Gasteiger partial charge in [-0.3, -0.25) is 4.57 Å². The molecule has 0 aromatic heterocycles. The van der Waals surface area contributed by atoms with Crippen LogP contribution >= 0.6 is 7.60 Å². The molecule has 0 aliphatic heterocycles. The van der Waals surface area contributed by atoms with Crippen molar-refractivity contribution < 1.29 is 23.1 Å². The number of rotatable bonds is 22. The lowest BCUT2D eigenvalue weighted by Crippen LogP contribution is -2.15. The van der Waals surface area contributed by atoms with Gasteiger partial charge in [-0.05, 0) is 31.1 Å². The molecule has 5 nitrogen and oxygen atoms in total. The third-order valence-corrected chi connectivity index (χ3v) is 6.95. The van der Waals surface area contributed by atoms with E-state index in [1.54, 1.807) is 0 Å². The molecule has 0 aliphatic carbocycles. The number of hydrogen-bond donors (Lipinski definition) is 0. The quantitative estimate of drug-likeness (QED) is 0.130. The minimum Gasteiger partial charge on any atom is -0.379 e. The highest BCUT2D eigenvalue weighted by atomic mass is 31.2. The van der Waals surface area contributed by atoms with Gasteiger partial charge in [0.15, 0.2) is 0 Å². The largest absolute Gasteiger partial charge is 0.379 e. The summed E-state index contributed by atoms with van der Waals surface area (Å²) in [6, 6.07) is 0. The van der Waals surface area contributed by atoms with Crippen LogP contribution in [-0.4, -0.2) is 39.4 Å². The van der Waals surface area contributed by atoms with Crippen LogP contribution in [0.5, 0.6) is 0 Å². The average Bonchev–Trinajstić information content (AvgIpc) is 2.73. The molecule has 2 atom stereocenters. The van der Waals surface area contributed by atoms with Crippen molar-refractivity contribution in [1.82, 2.24) is 0 Å². The Hall–Kier alpha value is 0.0700. The normalized spacial score (nSPS) is 15.9. The van der Waals surface area contributed by atoms with Crippen LogP contribution in [0.3, 0.4) is 0 Å². The highest BCUT2D eigenvalue weighted by Gasteiger charge is 2.27. The molecule has 0 fully saturated rings. The molecule has 2 unspecified atom stereocenters. The van der Waals surface area contributed by atoms with Crippen molar-refractivity contribution in [2.75, 3.05) is 39.4 Å². The highest BCUT2D eigenvalue weighted by Crippen LogP contribution is 2.49. The second-order valence-electron chi connectivity index (χ2n) is 8.04. The smallest absolute Gasteiger partial charge is 0.356 e. The molecule has 0 saturated carbocycles. The van der Waals surface area contributed by atoms with Gasteiger partial charge in [-0.15, -0.1) is 0 Å². The lowest BCUT2D eigenvalue weighted by Gasteiger charge is -2.24. The molecule has 0 heterocycles. The average molecular weight is 437 g/mol. The molecular weight excluding hydrogens is 387 g/mol. The van der Waals surface area contributed by atoms with Gasteiger partial charge in [0.1, 0.15) is 6.35 Å². The highest BCUT2D eigenvalue weighted by molar-refractivity contribution is 7.53. The Balaban J connectivity index is 4.59. The van der Waals surface area contributed by atoms with Crippen LogP contribution in [0.1, 0.15) is 98.8 Å². The van der Waals surface area contributed by atoms with Crippen molar-refractivity contribution in [2.24, 2.45) is 11.8 Å². The topological polar surface area (TPSA) is 54.0 Å². The van der Waals surface area contributed by atoms with Gasteiger partial charge in [-0.25, -0.2) is 0 Å². The maximum atomic E-state index is 13.3. The first kappa shape index (κ1) is 29.1. The Morgan fingerprint density at radius 1 is 0.655 bits per heavy atom. The van der Waals surface area contributed by atoms with Gasteiger partial charge in [-0.2, -0.15) is 0 Å². The first-order valence-electron chi connectivity index (χ1n) is 12.1. The number of hydrogen-bond acceptors (Lipinski definition) is 5. The Morgan fingerprint density at radius 2 is 1.14 bits per heavy atom. The van der Waals surface area contributed by atoms with Gasteiger partial charge >= 0.3 is 7.60 Å². The fraction of sp³-hybridized carbons (Fsp3) is 1.00. The predicted octanol–water partition coefficient (Wildman–Crippen LogP) is 7.44. The minimum absolute atomic E-state index is 0.0125. The van der Waals surface area contributed by atoms with Crippen LogP contribution in [0.15, 0.2) is 0 Å². The first-order valence-corrected chi connectivity index (χ1v) is 13.8. The molecule has 0 N–H and O–H groups in total. The van der Waals surface area contributed by atoms with E-state index in [1.165, 1.54) is 25.7 Å². The molecule has 0 spiro atoms. The molecule has 0 saturated heterocycles. The fourth-order valence-electron chi connectivity index (χ4n) is 2.99. The molecule has 0 bridgehead atoms. The van der Waals surface area contributed by atoms with E-state index in [-0.39, 0.29) is 6.35 Å². The summed E-state index contributed by atoms with van der Waals surface area (Å²) in [5, 5.41) is 0. The van der Waals surface area contributed by atoms with E-state index < -0.39 is 7.60 Å². The molecule has 0 rings (SSSR count). The molecule has 176 valence electrons. The van der Waals surface area contributed by atoms with Gasteiger partial charge in [-0.1, -0.05) is 79.6 Å². The standard InChI is InChI=1S/C23H49O5P/c1-6-11-14-22(9-4)19-27-29(24,21-26-18-17-25-16-13-8-3)28-20-23(10-5)15-12-7-2/h22-23H,6-21H2,1-5H3. The van der Waals surface area contributed by atoms with Crippen molar-refractivity contribution in [1.29, 1.82) is 0 Å². The van der Waals surface area contributed by atoms with Gasteiger partial charge < -0.3 is 18.5 Å². The van der Waals surface area contributed by atoms with Crippen LogP contribution in [0.25, 0.3) is 0 Å². The molecule has 0 aliphatic rings. The maximum absolute atomic E-state index is 13.3. The van der Waals surface area contributed by atoms with Crippen LogP contribution in [0.2, 0.25) is 0 Å². The van der Waals surface area contributed by atoms with E-state index in [9.17, 15) is 4.57 Å². The molecule has 0 aromatic rings. The summed E-state index contributed by atoms with van der Waals surface area (Å²) in [5.74, 6) is 0.845. The van der Waals surface area contributed by atoms with Crippen molar-refractivity contribution in [2.45, 2.75) is 98.8 Å². The van der Waals surface area contributed by atoms with Crippen molar-refractivity contribution in [3.63, 3.8) is 0 Å².